The van der Waals surface area contributed by atoms with Crippen molar-refractivity contribution in [3.8, 4) is 5.75 Å². The van der Waals surface area contributed by atoms with Crippen molar-refractivity contribution < 1.29 is 23.8 Å². The Morgan fingerprint density at radius 2 is 1.91 bits per heavy atom. The number of rotatable bonds is 9. The fourth-order valence-corrected chi connectivity index (χ4v) is 3.38. The van der Waals surface area contributed by atoms with Crippen molar-refractivity contribution in [2.24, 2.45) is 0 Å². The number of amides is 1. The van der Waals surface area contributed by atoms with Crippen molar-refractivity contribution in [1.29, 1.82) is 0 Å². The van der Waals surface area contributed by atoms with E-state index in [9.17, 15) is 19.1 Å². The number of likely N-dealkylation sites (N-methyl/N-ethyl adjacent to an activating group) is 1. The van der Waals surface area contributed by atoms with Crippen LogP contribution < -0.4 is 5.32 Å². The van der Waals surface area contributed by atoms with Crippen LogP contribution in [0.25, 0.3) is 10.9 Å². The summed E-state index contributed by atoms with van der Waals surface area (Å²) in [7, 11) is 3.54. The average molecular weight is 474 g/mol. The fraction of sp³-hybridized carbons (Fsp3) is 0.292. The molecule has 0 radical (unpaired) electrons. The number of carbonyl (C=O) groups excluding carboxylic acids is 2. The van der Waals surface area contributed by atoms with Gasteiger partial charge in [0.2, 0.25) is 0 Å². The van der Waals surface area contributed by atoms with Crippen molar-refractivity contribution in [3.05, 3.63) is 70.1 Å². The predicted octanol–water partition coefficient (Wildman–Crippen LogP) is 3.70. The minimum absolute atomic E-state index is 0.0251. The lowest BCUT2D eigenvalue weighted by molar-refractivity contribution is -0.144. The molecule has 1 amide bonds. The molecule has 174 valence electrons. The first-order valence-corrected chi connectivity index (χ1v) is 10.8. The van der Waals surface area contributed by atoms with E-state index in [0.29, 0.717) is 23.4 Å². The van der Waals surface area contributed by atoms with Gasteiger partial charge >= 0.3 is 5.97 Å². The van der Waals surface area contributed by atoms with Crippen molar-refractivity contribution in [3.63, 3.8) is 0 Å². The summed E-state index contributed by atoms with van der Waals surface area (Å²) in [6, 6.07) is 9.91. The second kappa shape index (κ2) is 11.1. The van der Waals surface area contributed by atoms with E-state index in [1.54, 1.807) is 49.3 Å². The molecule has 3 rings (SSSR count). The second-order valence-electron chi connectivity index (χ2n) is 7.87. The van der Waals surface area contributed by atoms with Crippen molar-refractivity contribution in [2.45, 2.75) is 19.4 Å². The quantitative estimate of drug-likeness (QED) is 0.363. The van der Waals surface area contributed by atoms with E-state index in [4.69, 9.17) is 16.3 Å². The molecule has 0 fully saturated rings. The maximum absolute atomic E-state index is 14.6. The zero-order chi connectivity index (χ0) is 24.0. The maximum atomic E-state index is 14.6. The molecule has 0 bridgehead atoms. The molecular weight excluding hydrogens is 449 g/mol. The van der Waals surface area contributed by atoms with Crippen LogP contribution in [0, 0.1) is 5.82 Å². The van der Waals surface area contributed by atoms with Crippen LogP contribution >= 0.6 is 11.6 Å². The highest BCUT2D eigenvalue weighted by Gasteiger charge is 2.17. The largest absolute Gasteiger partial charge is 0.506 e. The van der Waals surface area contributed by atoms with Gasteiger partial charge in [-0.3, -0.25) is 19.5 Å². The summed E-state index contributed by atoms with van der Waals surface area (Å²) in [6.45, 7) is 0.616. The number of nitrogens with one attached hydrogen (secondary N) is 1. The van der Waals surface area contributed by atoms with E-state index in [2.05, 4.69) is 10.3 Å². The normalized spacial score (nSPS) is 11.1. The number of aromatic hydroxyl groups is 1. The molecule has 0 aliphatic rings. The molecular formula is C24H25ClFN3O4. The molecule has 1 aromatic heterocycles. The molecule has 33 heavy (non-hydrogen) atoms. The molecule has 1 heterocycles. The highest BCUT2D eigenvalue weighted by molar-refractivity contribution is 6.30. The van der Waals surface area contributed by atoms with Crippen molar-refractivity contribution in [2.75, 3.05) is 27.2 Å². The number of fused-ring (bicyclic) bond motifs is 1. The summed E-state index contributed by atoms with van der Waals surface area (Å²) in [5.41, 5.74) is 1.36. The Labute approximate surface area is 196 Å². The molecule has 2 aromatic carbocycles. The summed E-state index contributed by atoms with van der Waals surface area (Å²) in [6.07, 6.45) is 2.07. The number of ether oxygens (including phenoxy) is 1. The first-order valence-electron chi connectivity index (χ1n) is 10.4. The Bertz CT molecular complexity index is 1150. The third kappa shape index (κ3) is 6.63. The lowest BCUT2D eigenvalue weighted by Gasteiger charge is -2.11. The van der Waals surface area contributed by atoms with Crippen molar-refractivity contribution in [1.82, 2.24) is 15.2 Å². The van der Waals surface area contributed by atoms with Crippen LogP contribution in [0.3, 0.4) is 0 Å². The average Bonchev–Trinajstić information content (AvgIpc) is 2.76. The van der Waals surface area contributed by atoms with E-state index in [1.165, 1.54) is 6.07 Å². The number of benzene rings is 2. The van der Waals surface area contributed by atoms with Crippen LogP contribution in [0.15, 0.2) is 42.6 Å². The molecule has 0 saturated heterocycles. The van der Waals surface area contributed by atoms with Crippen molar-refractivity contribution >= 4 is 34.4 Å². The van der Waals surface area contributed by atoms with Gasteiger partial charge in [0.05, 0.1) is 13.2 Å². The summed E-state index contributed by atoms with van der Waals surface area (Å²) in [5, 5.41) is 14.1. The highest BCUT2D eigenvalue weighted by Crippen LogP contribution is 2.30. The van der Waals surface area contributed by atoms with E-state index in [-0.39, 0.29) is 47.9 Å². The molecule has 0 saturated carbocycles. The van der Waals surface area contributed by atoms with Gasteiger partial charge in [0.1, 0.15) is 22.6 Å². The first kappa shape index (κ1) is 24.4. The van der Waals surface area contributed by atoms with E-state index >= 15 is 0 Å². The Balaban J connectivity index is 1.69. The zero-order valence-electron chi connectivity index (χ0n) is 18.4. The molecule has 0 aliphatic heterocycles. The molecule has 3 aromatic rings. The van der Waals surface area contributed by atoms with Crippen LogP contribution in [0.5, 0.6) is 5.75 Å². The number of halogens is 2. The van der Waals surface area contributed by atoms with Gasteiger partial charge in [-0.2, -0.15) is 0 Å². The number of carbonyl (C=O) groups is 2. The van der Waals surface area contributed by atoms with Crippen LogP contribution in [-0.4, -0.2) is 54.1 Å². The van der Waals surface area contributed by atoms with E-state index in [0.717, 1.165) is 11.8 Å². The second-order valence-corrected chi connectivity index (χ2v) is 8.30. The molecule has 0 unspecified atom stereocenters. The molecule has 9 heteroatoms. The highest BCUT2D eigenvalue weighted by atomic mass is 35.5. The summed E-state index contributed by atoms with van der Waals surface area (Å²) in [5.74, 6) is -1.81. The smallest absolute Gasteiger partial charge is 0.320 e. The molecule has 7 nitrogen and oxygen atoms in total. The third-order valence-corrected chi connectivity index (χ3v) is 5.14. The van der Waals surface area contributed by atoms with Gasteiger partial charge in [0.25, 0.3) is 5.91 Å². The number of aromatic nitrogens is 1. The maximum Gasteiger partial charge on any atom is 0.320 e. The standard InChI is InChI=1S/C24H25ClFN3O4/c1-29(2)14-21(30)33-9-3-4-16-10-18-22(20(26)11-16)27-13-19(23(18)31)24(32)28-12-15-5-7-17(25)8-6-15/h5-8,10-11,13H,3-4,9,12,14H2,1-2H3,(H,27,31)(H,28,32). The SMILES string of the molecule is CN(C)CC(=O)OCCCc1cc(F)c2ncc(C(=O)NCc3ccc(Cl)cc3)c(O)c2c1. The number of hydrogen-bond acceptors (Lipinski definition) is 6. The topological polar surface area (TPSA) is 91.8 Å². The Kier molecular flexibility index (Phi) is 8.19. The van der Waals surface area contributed by atoms with Gasteiger partial charge in [-0.25, -0.2) is 4.39 Å². The number of pyridine rings is 1. The number of hydrogen-bond donors (Lipinski definition) is 2. The predicted molar refractivity (Wildman–Crippen MR) is 124 cm³/mol. The summed E-state index contributed by atoms with van der Waals surface area (Å²) in [4.78, 5) is 29.9. The number of aryl methyl sites for hydroxylation is 1. The first-order chi connectivity index (χ1) is 15.7. The van der Waals surface area contributed by atoms with Crippen LogP contribution in [0.1, 0.15) is 27.9 Å². The van der Waals surface area contributed by atoms with Gasteiger partial charge < -0.3 is 15.2 Å². The minimum atomic E-state index is -0.601. The lowest BCUT2D eigenvalue weighted by atomic mass is 10.0. The van der Waals surface area contributed by atoms with E-state index < -0.39 is 11.7 Å². The van der Waals surface area contributed by atoms with Gasteiger partial charge in [0, 0.05) is 23.2 Å². The molecule has 0 aliphatic carbocycles. The Morgan fingerprint density at radius 3 is 2.61 bits per heavy atom. The van der Waals surface area contributed by atoms with Gasteiger partial charge in [-0.15, -0.1) is 0 Å². The van der Waals surface area contributed by atoms with Crippen LogP contribution in [0.2, 0.25) is 5.02 Å². The molecule has 0 atom stereocenters. The summed E-state index contributed by atoms with van der Waals surface area (Å²) < 4.78 is 19.7. The Hall–Kier alpha value is -3.23. The lowest BCUT2D eigenvalue weighted by Crippen LogP contribution is -2.23. The van der Waals surface area contributed by atoms with E-state index in [1.807, 2.05) is 0 Å². The summed E-state index contributed by atoms with van der Waals surface area (Å²) >= 11 is 5.86. The monoisotopic (exact) mass is 473 g/mol. The Morgan fingerprint density at radius 1 is 1.18 bits per heavy atom. The minimum Gasteiger partial charge on any atom is -0.506 e. The fourth-order valence-electron chi connectivity index (χ4n) is 3.26. The number of esters is 1. The van der Waals surface area contributed by atoms with Crippen LogP contribution in [0.4, 0.5) is 4.39 Å². The van der Waals surface area contributed by atoms with Gasteiger partial charge in [-0.05, 0) is 62.3 Å². The zero-order valence-corrected chi connectivity index (χ0v) is 19.2. The molecule has 2 N–H and O–H groups in total. The van der Waals surface area contributed by atoms with Gasteiger partial charge in [-0.1, -0.05) is 23.7 Å². The number of nitrogens with zero attached hydrogens (tertiary/aromatic N) is 2. The van der Waals surface area contributed by atoms with Gasteiger partial charge in [0.15, 0.2) is 0 Å². The van der Waals surface area contributed by atoms with Crippen LogP contribution in [-0.2, 0) is 22.5 Å². The molecule has 0 spiro atoms. The third-order valence-electron chi connectivity index (χ3n) is 4.89.